The minimum Gasteiger partial charge on any atom is -0.309 e. The first-order valence-electron chi connectivity index (χ1n) is 6.97. The number of rotatable bonds is 5. The molecule has 1 atom stereocenters. The maximum atomic E-state index is 14.1. The van der Waals surface area contributed by atoms with Crippen molar-refractivity contribution in [2.75, 3.05) is 7.05 Å². The van der Waals surface area contributed by atoms with Gasteiger partial charge < -0.3 is 5.32 Å². The maximum Gasteiger partial charge on any atom is 0.132 e. The van der Waals surface area contributed by atoms with E-state index < -0.39 is 17.7 Å². The predicted octanol–water partition coefficient (Wildman–Crippen LogP) is 4.99. The Morgan fingerprint density at radius 3 is 2.14 bits per heavy atom. The van der Waals surface area contributed by atoms with Crippen LogP contribution in [0.4, 0.5) is 8.78 Å². The van der Waals surface area contributed by atoms with Crippen LogP contribution in [0.5, 0.6) is 0 Å². The van der Waals surface area contributed by atoms with Gasteiger partial charge in [0, 0.05) is 10.0 Å². The summed E-state index contributed by atoms with van der Waals surface area (Å²) in [5, 5.41) is 2.99. The van der Waals surface area contributed by atoms with Crippen molar-refractivity contribution in [1.29, 1.82) is 0 Å². The van der Waals surface area contributed by atoms with E-state index in [-0.39, 0.29) is 5.56 Å². The highest BCUT2D eigenvalue weighted by Gasteiger charge is 2.21. The smallest absolute Gasteiger partial charge is 0.132 e. The third kappa shape index (κ3) is 3.69. The Kier molecular flexibility index (Phi) is 5.48. The van der Waals surface area contributed by atoms with Crippen LogP contribution in [-0.4, -0.2) is 7.05 Å². The third-order valence-corrected chi connectivity index (χ3v) is 3.93. The van der Waals surface area contributed by atoms with Gasteiger partial charge in [-0.2, -0.15) is 0 Å². The molecule has 0 saturated heterocycles. The predicted molar refractivity (Wildman–Crippen MR) is 85.4 cm³/mol. The van der Waals surface area contributed by atoms with Gasteiger partial charge in [0.1, 0.15) is 11.6 Å². The Morgan fingerprint density at radius 2 is 1.67 bits per heavy atom. The molecule has 0 aliphatic carbocycles. The van der Waals surface area contributed by atoms with Gasteiger partial charge in [-0.05, 0) is 36.7 Å². The Morgan fingerprint density at radius 1 is 1.10 bits per heavy atom. The molecule has 0 heterocycles. The van der Waals surface area contributed by atoms with Crippen molar-refractivity contribution in [3.05, 3.63) is 69.2 Å². The van der Waals surface area contributed by atoms with E-state index in [4.69, 9.17) is 0 Å². The SMILES string of the molecule is CCCc1ccc(C(NC)c2c(F)cc(Br)cc2F)cc1. The molecule has 0 saturated carbocycles. The molecule has 4 heteroatoms. The van der Waals surface area contributed by atoms with Gasteiger partial charge in [0.15, 0.2) is 0 Å². The maximum absolute atomic E-state index is 14.1. The highest BCUT2D eigenvalue weighted by atomic mass is 79.9. The van der Waals surface area contributed by atoms with Crippen LogP contribution in [0.15, 0.2) is 40.9 Å². The molecule has 2 aromatic carbocycles. The van der Waals surface area contributed by atoms with Crippen LogP contribution in [0.1, 0.15) is 36.1 Å². The average Bonchev–Trinajstić information content (AvgIpc) is 2.44. The van der Waals surface area contributed by atoms with E-state index in [9.17, 15) is 8.78 Å². The quantitative estimate of drug-likeness (QED) is 0.798. The van der Waals surface area contributed by atoms with Crippen LogP contribution in [0, 0.1) is 11.6 Å². The molecule has 0 radical (unpaired) electrons. The molecule has 1 N–H and O–H groups in total. The lowest BCUT2D eigenvalue weighted by Crippen LogP contribution is -2.20. The fourth-order valence-corrected chi connectivity index (χ4v) is 2.87. The third-order valence-electron chi connectivity index (χ3n) is 3.47. The molecule has 0 aliphatic rings. The molecule has 0 aromatic heterocycles. The number of hydrogen-bond acceptors (Lipinski definition) is 1. The molecule has 21 heavy (non-hydrogen) atoms. The zero-order valence-corrected chi connectivity index (χ0v) is 13.7. The minimum atomic E-state index is -0.557. The van der Waals surface area contributed by atoms with Crippen LogP contribution in [0.2, 0.25) is 0 Å². The summed E-state index contributed by atoms with van der Waals surface area (Å²) in [4.78, 5) is 0. The molecule has 1 nitrogen and oxygen atoms in total. The van der Waals surface area contributed by atoms with Crippen molar-refractivity contribution in [3.63, 3.8) is 0 Å². The van der Waals surface area contributed by atoms with Gasteiger partial charge in [-0.3, -0.25) is 0 Å². The van der Waals surface area contributed by atoms with Crippen LogP contribution < -0.4 is 5.32 Å². The van der Waals surface area contributed by atoms with Gasteiger partial charge >= 0.3 is 0 Å². The number of aryl methyl sites for hydroxylation is 1. The fraction of sp³-hybridized carbons (Fsp3) is 0.294. The van der Waals surface area contributed by atoms with E-state index in [1.54, 1.807) is 7.05 Å². The Hall–Kier alpha value is -1.26. The zero-order chi connectivity index (χ0) is 15.4. The Labute approximate surface area is 132 Å². The monoisotopic (exact) mass is 353 g/mol. The fourth-order valence-electron chi connectivity index (χ4n) is 2.47. The zero-order valence-electron chi connectivity index (χ0n) is 12.1. The van der Waals surface area contributed by atoms with E-state index >= 15 is 0 Å². The Balaban J connectivity index is 2.40. The molecule has 0 amide bonds. The van der Waals surface area contributed by atoms with Gasteiger partial charge in [-0.1, -0.05) is 53.5 Å². The molecule has 2 aromatic rings. The molecule has 1 unspecified atom stereocenters. The lowest BCUT2D eigenvalue weighted by molar-refractivity contribution is 0.521. The number of hydrogen-bond donors (Lipinski definition) is 1. The molecular formula is C17H18BrF2N. The van der Waals surface area contributed by atoms with E-state index in [1.807, 2.05) is 24.3 Å². The normalized spacial score (nSPS) is 12.4. The molecule has 112 valence electrons. The van der Waals surface area contributed by atoms with Crippen molar-refractivity contribution in [1.82, 2.24) is 5.32 Å². The second-order valence-electron chi connectivity index (χ2n) is 5.00. The lowest BCUT2D eigenvalue weighted by Gasteiger charge is -2.19. The number of halogens is 3. The summed E-state index contributed by atoms with van der Waals surface area (Å²) in [6, 6.07) is 9.94. The summed E-state index contributed by atoms with van der Waals surface area (Å²) in [6.07, 6.45) is 2.08. The van der Waals surface area contributed by atoms with Crippen molar-refractivity contribution in [3.8, 4) is 0 Å². The summed E-state index contributed by atoms with van der Waals surface area (Å²) in [5.74, 6) is -1.11. The summed E-state index contributed by atoms with van der Waals surface area (Å²) in [6.45, 7) is 2.12. The van der Waals surface area contributed by atoms with Crippen LogP contribution in [0.3, 0.4) is 0 Å². The van der Waals surface area contributed by atoms with E-state index in [0.29, 0.717) is 4.47 Å². The second-order valence-corrected chi connectivity index (χ2v) is 5.91. The topological polar surface area (TPSA) is 12.0 Å². The summed E-state index contributed by atoms with van der Waals surface area (Å²) in [5.41, 5.74) is 2.12. The first-order chi connectivity index (χ1) is 10.1. The molecule has 0 fully saturated rings. The van der Waals surface area contributed by atoms with Gasteiger partial charge in [0.25, 0.3) is 0 Å². The number of nitrogens with one attached hydrogen (secondary N) is 1. The van der Waals surface area contributed by atoms with Crippen LogP contribution >= 0.6 is 15.9 Å². The molecule has 0 aliphatic heterocycles. The highest BCUT2D eigenvalue weighted by Crippen LogP contribution is 2.29. The van der Waals surface area contributed by atoms with Gasteiger partial charge in [-0.15, -0.1) is 0 Å². The van der Waals surface area contributed by atoms with Gasteiger partial charge in [-0.25, -0.2) is 8.78 Å². The molecule has 0 bridgehead atoms. The second kappa shape index (κ2) is 7.14. The van der Waals surface area contributed by atoms with E-state index in [1.165, 1.54) is 17.7 Å². The summed E-state index contributed by atoms with van der Waals surface area (Å²) >= 11 is 3.10. The van der Waals surface area contributed by atoms with Crippen molar-refractivity contribution < 1.29 is 8.78 Å². The van der Waals surface area contributed by atoms with Gasteiger partial charge in [0.2, 0.25) is 0 Å². The average molecular weight is 354 g/mol. The van der Waals surface area contributed by atoms with E-state index in [2.05, 4.69) is 28.2 Å². The summed E-state index contributed by atoms with van der Waals surface area (Å²) < 4.78 is 28.6. The number of benzene rings is 2. The Bertz CT molecular complexity index is 588. The van der Waals surface area contributed by atoms with Crippen LogP contribution in [0.25, 0.3) is 0 Å². The molecule has 0 spiro atoms. The summed E-state index contributed by atoms with van der Waals surface area (Å²) in [7, 11) is 1.70. The van der Waals surface area contributed by atoms with E-state index in [0.717, 1.165) is 18.4 Å². The van der Waals surface area contributed by atoms with Crippen LogP contribution in [-0.2, 0) is 6.42 Å². The highest BCUT2D eigenvalue weighted by molar-refractivity contribution is 9.10. The first kappa shape index (κ1) is 16.1. The molecule has 2 rings (SSSR count). The first-order valence-corrected chi connectivity index (χ1v) is 7.76. The van der Waals surface area contributed by atoms with Crippen molar-refractivity contribution in [2.24, 2.45) is 0 Å². The minimum absolute atomic E-state index is 0.0453. The van der Waals surface area contributed by atoms with Crippen molar-refractivity contribution in [2.45, 2.75) is 25.8 Å². The lowest BCUT2D eigenvalue weighted by atomic mass is 9.96. The largest absolute Gasteiger partial charge is 0.309 e. The molecular weight excluding hydrogens is 336 g/mol. The van der Waals surface area contributed by atoms with Crippen molar-refractivity contribution >= 4 is 15.9 Å². The standard InChI is InChI=1S/C17H18BrF2N/c1-3-4-11-5-7-12(8-6-11)17(21-2)16-14(19)9-13(18)10-15(16)20/h5-10,17,21H,3-4H2,1-2H3. The van der Waals surface area contributed by atoms with Gasteiger partial charge in [0.05, 0.1) is 6.04 Å².